The van der Waals surface area contributed by atoms with Crippen molar-refractivity contribution >= 4 is 29.1 Å². The van der Waals surface area contributed by atoms with Crippen LogP contribution in [0.15, 0.2) is 24.8 Å². The van der Waals surface area contributed by atoms with E-state index < -0.39 is 0 Å². The lowest BCUT2D eigenvalue weighted by molar-refractivity contribution is 0.0706. The lowest BCUT2D eigenvalue weighted by atomic mass is 10.1. The van der Waals surface area contributed by atoms with Crippen LogP contribution in [0.5, 0.6) is 0 Å². The van der Waals surface area contributed by atoms with Crippen molar-refractivity contribution in [2.75, 3.05) is 6.54 Å². The van der Waals surface area contributed by atoms with E-state index in [-0.39, 0.29) is 22.3 Å². The van der Waals surface area contributed by atoms with Crippen LogP contribution in [0.25, 0.3) is 0 Å². The molecular weight excluding hydrogens is 283 g/mol. The quantitative estimate of drug-likeness (QED) is 0.623. The Balaban J connectivity index is 2.24. The van der Waals surface area contributed by atoms with Gasteiger partial charge in [0.05, 0.1) is 0 Å². The van der Waals surface area contributed by atoms with Gasteiger partial charge < -0.3 is 4.90 Å². The van der Waals surface area contributed by atoms with Gasteiger partial charge in [0.1, 0.15) is 10.3 Å². The Kier molecular flexibility index (Phi) is 4.83. The first kappa shape index (κ1) is 14.4. The van der Waals surface area contributed by atoms with E-state index in [9.17, 15) is 4.79 Å². The predicted molar refractivity (Wildman–Crippen MR) is 77.7 cm³/mol. The number of halogens is 2. The summed E-state index contributed by atoms with van der Waals surface area (Å²) in [6.07, 6.45) is 6.19. The highest BCUT2D eigenvalue weighted by atomic mass is 35.5. The maximum absolute atomic E-state index is 12.6. The van der Waals surface area contributed by atoms with Gasteiger partial charge >= 0.3 is 0 Å². The number of nitrogens with zero attached hydrogens (tertiary/aromatic N) is 2. The van der Waals surface area contributed by atoms with E-state index in [2.05, 4.69) is 11.6 Å². The first-order valence-electron chi connectivity index (χ1n) is 6.37. The molecule has 0 unspecified atom stereocenters. The summed E-state index contributed by atoms with van der Waals surface area (Å²) in [7, 11) is 0. The molecule has 1 amide bonds. The minimum atomic E-state index is -0.0574. The molecule has 1 fully saturated rings. The Labute approximate surface area is 123 Å². The van der Waals surface area contributed by atoms with E-state index in [1.54, 1.807) is 18.2 Å². The monoisotopic (exact) mass is 298 g/mol. The van der Waals surface area contributed by atoms with Crippen molar-refractivity contribution in [3.05, 3.63) is 40.7 Å². The van der Waals surface area contributed by atoms with Crippen LogP contribution in [0.2, 0.25) is 10.3 Å². The van der Waals surface area contributed by atoms with Crippen molar-refractivity contribution < 1.29 is 4.79 Å². The lowest BCUT2D eigenvalue weighted by Gasteiger charge is -2.28. The van der Waals surface area contributed by atoms with Gasteiger partial charge in [-0.05, 0) is 25.0 Å². The van der Waals surface area contributed by atoms with Gasteiger partial charge in [0.15, 0.2) is 0 Å². The van der Waals surface area contributed by atoms with E-state index >= 15 is 0 Å². The molecule has 0 radical (unpaired) electrons. The molecule has 102 valence electrons. The molecule has 1 aromatic heterocycles. The third-order valence-corrected chi connectivity index (χ3v) is 3.75. The smallest absolute Gasteiger partial charge is 0.254 e. The zero-order valence-corrected chi connectivity index (χ0v) is 12.1. The van der Waals surface area contributed by atoms with E-state index in [0.29, 0.717) is 12.1 Å². The second-order valence-corrected chi connectivity index (χ2v) is 5.46. The second kappa shape index (κ2) is 6.40. The van der Waals surface area contributed by atoms with Gasteiger partial charge in [0.2, 0.25) is 0 Å². The fraction of sp³-hybridized carbons (Fsp3) is 0.429. The Morgan fingerprint density at radius 1 is 1.37 bits per heavy atom. The summed E-state index contributed by atoms with van der Waals surface area (Å²) in [4.78, 5) is 18.3. The minimum Gasteiger partial charge on any atom is -0.332 e. The number of rotatable bonds is 4. The van der Waals surface area contributed by atoms with E-state index in [0.717, 1.165) is 12.8 Å². The molecule has 1 heterocycles. The van der Waals surface area contributed by atoms with Crippen LogP contribution in [0.1, 0.15) is 36.0 Å². The van der Waals surface area contributed by atoms with Gasteiger partial charge in [0.25, 0.3) is 5.91 Å². The molecule has 0 spiro atoms. The average molecular weight is 299 g/mol. The number of pyridine rings is 1. The average Bonchev–Trinajstić information content (AvgIpc) is 2.87. The number of hydrogen-bond acceptors (Lipinski definition) is 2. The molecule has 0 bridgehead atoms. The Hall–Kier alpha value is -1.06. The zero-order chi connectivity index (χ0) is 13.8. The zero-order valence-electron chi connectivity index (χ0n) is 10.6. The largest absolute Gasteiger partial charge is 0.332 e. The van der Waals surface area contributed by atoms with Gasteiger partial charge in [-0.1, -0.05) is 42.1 Å². The van der Waals surface area contributed by atoms with Crippen molar-refractivity contribution in [3.8, 4) is 0 Å². The Morgan fingerprint density at radius 3 is 2.47 bits per heavy atom. The van der Waals surface area contributed by atoms with Gasteiger partial charge in [0, 0.05) is 18.2 Å². The van der Waals surface area contributed by atoms with Crippen LogP contribution in [0.4, 0.5) is 0 Å². The third kappa shape index (κ3) is 3.48. The molecule has 1 saturated carbocycles. The van der Waals surface area contributed by atoms with Gasteiger partial charge in [-0.2, -0.15) is 0 Å². The summed E-state index contributed by atoms with van der Waals surface area (Å²) in [6, 6.07) is 3.40. The topological polar surface area (TPSA) is 33.2 Å². The fourth-order valence-electron chi connectivity index (χ4n) is 2.51. The molecule has 0 N–H and O–H groups in total. The van der Waals surface area contributed by atoms with Crippen LogP contribution >= 0.6 is 23.2 Å². The second-order valence-electron chi connectivity index (χ2n) is 4.69. The lowest BCUT2D eigenvalue weighted by Crippen LogP contribution is -2.39. The van der Waals surface area contributed by atoms with Crippen LogP contribution in [0, 0.1) is 0 Å². The highest BCUT2D eigenvalue weighted by Gasteiger charge is 2.26. The highest BCUT2D eigenvalue weighted by Crippen LogP contribution is 2.26. The summed E-state index contributed by atoms with van der Waals surface area (Å²) in [5, 5.41) is 0.474. The Morgan fingerprint density at radius 2 is 1.95 bits per heavy atom. The van der Waals surface area contributed by atoms with Gasteiger partial charge in [-0.15, -0.1) is 6.58 Å². The number of hydrogen-bond donors (Lipinski definition) is 0. The summed E-state index contributed by atoms with van der Waals surface area (Å²) in [5.41, 5.74) is 0.485. The SMILES string of the molecule is C=CCN(C(=O)c1cc(Cl)nc(Cl)c1)C1CCCC1. The van der Waals surface area contributed by atoms with Crippen LogP contribution in [-0.4, -0.2) is 28.4 Å². The van der Waals surface area contributed by atoms with Crippen LogP contribution in [0.3, 0.4) is 0 Å². The van der Waals surface area contributed by atoms with E-state index in [1.807, 2.05) is 4.90 Å². The predicted octanol–water partition coefficient (Wildman–Crippen LogP) is 3.96. The summed E-state index contributed by atoms with van der Waals surface area (Å²) in [5.74, 6) is -0.0574. The number of amides is 1. The van der Waals surface area contributed by atoms with Crippen molar-refractivity contribution in [2.45, 2.75) is 31.7 Å². The number of carbonyl (C=O) groups excluding carboxylic acids is 1. The van der Waals surface area contributed by atoms with Crippen molar-refractivity contribution in [1.82, 2.24) is 9.88 Å². The fourth-order valence-corrected chi connectivity index (χ4v) is 2.97. The molecule has 2 rings (SSSR count). The molecular formula is C14H16Cl2N2O. The molecule has 19 heavy (non-hydrogen) atoms. The molecule has 0 aromatic carbocycles. The number of carbonyl (C=O) groups is 1. The standard InChI is InChI=1S/C14H16Cl2N2O/c1-2-7-18(11-5-3-4-6-11)14(19)10-8-12(15)17-13(16)9-10/h2,8-9,11H,1,3-7H2. The van der Waals surface area contributed by atoms with Crippen molar-refractivity contribution in [3.63, 3.8) is 0 Å². The molecule has 0 atom stereocenters. The maximum Gasteiger partial charge on any atom is 0.254 e. The van der Waals surface area contributed by atoms with E-state index in [1.165, 1.54) is 12.8 Å². The summed E-state index contributed by atoms with van der Waals surface area (Å²) >= 11 is 11.7. The molecule has 1 aromatic rings. The Bertz CT molecular complexity index is 464. The van der Waals surface area contributed by atoms with Gasteiger partial charge in [-0.25, -0.2) is 4.98 Å². The molecule has 1 aliphatic rings. The summed E-state index contributed by atoms with van der Waals surface area (Å²) < 4.78 is 0. The molecule has 1 aliphatic carbocycles. The molecule has 0 aliphatic heterocycles. The minimum absolute atomic E-state index is 0.0574. The first-order chi connectivity index (χ1) is 9.11. The van der Waals surface area contributed by atoms with Crippen LogP contribution in [-0.2, 0) is 0 Å². The van der Waals surface area contributed by atoms with E-state index in [4.69, 9.17) is 23.2 Å². The van der Waals surface area contributed by atoms with Crippen LogP contribution < -0.4 is 0 Å². The molecule has 3 nitrogen and oxygen atoms in total. The number of aromatic nitrogens is 1. The molecule has 0 saturated heterocycles. The first-order valence-corrected chi connectivity index (χ1v) is 7.12. The van der Waals surface area contributed by atoms with Crippen molar-refractivity contribution in [2.24, 2.45) is 0 Å². The van der Waals surface area contributed by atoms with Gasteiger partial charge in [-0.3, -0.25) is 4.79 Å². The maximum atomic E-state index is 12.6. The molecule has 5 heteroatoms. The third-order valence-electron chi connectivity index (χ3n) is 3.36. The normalized spacial score (nSPS) is 15.5. The summed E-state index contributed by atoms with van der Waals surface area (Å²) in [6.45, 7) is 4.27. The highest BCUT2D eigenvalue weighted by molar-refractivity contribution is 6.33. The van der Waals surface area contributed by atoms with Crippen molar-refractivity contribution in [1.29, 1.82) is 0 Å².